The van der Waals surface area contributed by atoms with Crippen LogP contribution < -0.4 is 10.2 Å². The topological polar surface area (TPSA) is 58.1 Å². The molecular weight excluding hydrogens is 228 g/mol. The molecule has 0 radical (unpaired) electrons. The van der Waals surface area contributed by atoms with Crippen molar-refractivity contribution in [3.63, 3.8) is 0 Å². The fourth-order valence-electron chi connectivity index (χ4n) is 1.52. The summed E-state index contributed by atoms with van der Waals surface area (Å²) in [5.74, 6) is -0.149. The van der Waals surface area contributed by atoms with Crippen LogP contribution in [0, 0.1) is 0 Å². The number of hydrogen-bond acceptors (Lipinski definition) is 4. The number of amides is 1. The van der Waals surface area contributed by atoms with Crippen molar-refractivity contribution in [2.45, 2.75) is 0 Å². The third kappa shape index (κ3) is 2.45. The highest BCUT2D eigenvalue weighted by Gasteiger charge is 2.14. The van der Waals surface area contributed by atoms with Crippen molar-refractivity contribution in [1.29, 1.82) is 0 Å². The fourth-order valence-corrected chi connectivity index (χ4v) is 1.52. The Labute approximate surface area is 105 Å². The van der Waals surface area contributed by atoms with Gasteiger partial charge in [-0.25, -0.2) is 4.98 Å². The summed E-state index contributed by atoms with van der Waals surface area (Å²) in [6.45, 7) is 0. The van der Waals surface area contributed by atoms with Crippen LogP contribution >= 0.6 is 0 Å². The lowest BCUT2D eigenvalue weighted by molar-refractivity contribution is 0.0988. The second-order valence-corrected chi connectivity index (χ2v) is 3.75. The van der Waals surface area contributed by atoms with E-state index in [9.17, 15) is 4.79 Å². The number of hydrogen-bond donors (Lipinski definition) is 1. The molecule has 0 aliphatic carbocycles. The van der Waals surface area contributed by atoms with Crippen LogP contribution in [0.3, 0.4) is 0 Å². The normalized spacial score (nSPS) is 9.89. The van der Waals surface area contributed by atoms with E-state index in [1.165, 1.54) is 0 Å². The first-order chi connectivity index (χ1) is 8.72. The second-order valence-electron chi connectivity index (χ2n) is 3.75. The standard InChI is InChI=1S/C13H14N4O/c1-14-10-3-4-12(16-9-10)13(18)17(2)11-5-7-15-8-6-11/h3-9,14H,1-2H3. The van der Waals surface area contributed by atoms with Crippen molar-refractivity contribution in [2.24, 2.45) is 0 Å². The van der Waals surface area contributed by atoms with Gasteiger partial charge in [-0.15, -0.1) is 0 Å². The van der Waals surface area contributed by atoms with Gasteiger partial charge in [0.25, 0.3) is 5.91 Å². The molecule has 0 bridgehead atoms. The molecule has 2 aromatic heterocycles. The molecule has 0 aliphatic rings. The fraction of sp³-hybridized carbons (Fsp3) is 0.154. The summed E-state index contributed by atoms with van der Waals surface area (Å²) in [6, 6.07) is 7.08. The van der Waals surface area contributed by atoms with Crippen LogP contribution in [-0.2, 0) is 0 Å². The molecule has 5 heteroatoms. The predicted octanol–water partition coefficient (Wildman–Crippen LogP) is 1.79. The molecule has 0 spiro atoms. The Balaban J connectivity index is 2.20. The minimum atomic E-state index is -0.149. The second kappa shape index (κ2) is 5.27. The van der Waals surface area contributed by atoms with Gasteiger partial charge in [0, 0.05) is 32.2 Å². The van der Waals surface area contributed by atoms with Crippen LogP contribution in [0.2, 0.25) is 0 Å². The van der Waals surface area contributed by atoms with Gasteiger partial charge in [0.2, 0.25) is 0 Å². The molecule has 2 aromatic rings. The van der Waals surface area contributed by atoms with Crippen LogP contribution in [0.4, 0.5) is 11.4 Å². The SMILES string of the molecule is CNc1ccc(C(=O)N(C)c2ccncc2)nc1. The Hall–Kier alpha value is -2.43. The lowest BCUT2D eigenvalue weighted by atomic mass is 10.3. The summed E-state index contributed by atoms with van der Waals surface area (Å²) < 4.78 is 0. The van der Waals surface area contributed by atoms with Gasteiger partial charge in [-0.05, 0) is 24.3 Å². The van der Waals surface area contributed by atoms with Crippen LogP contribution in [0.25, 0.3) is 0 Å². The molecule has 0 saturated heterocycles. The van der Waals surface area contributed by atoms with Gasteiger partial charge in [-0.1, -0.05) is 0 Å². The molecular formula is C13H14N4O. The molecule has 0 fully saturated rings. The molecule has 92 valence electrons. The summed E-state index contributed by atoms with van der Waals surface area (Å²) in [5, 5.41) is 2.96. The third-order valence-corrected chi connectivity index (χ3v) is 2.63. The van der Waals surface area contributed by atoms with Gasteiger partial charge in [0.15, 0.2) is 0 Å². The number of carbonyl (C=O) groups excluding carboxylic acids is 1. The van der Waals surface area contributed by atoms with E-state index in [1.54, 1.807) is 48.7 Å². The van der Waals surface area contributed by atoms with Crippen molar-refractivity contribution in [3.8, 4) is 0 Å². The van der Waals surface area contributed by atoms with Crippen molar-refractivity contribution >= 4 is 17.3 Å². The summed E-state index contributed by atoms with van der Waals surface area (Å²) in [5.41, 5.74) is 2.07. The summed E-state index contributed by atoms with van der Waals surface area (Å²) in [7, 11) is 3.52. The maximum absolute atomic E-state index is 12.2. The van der Waals surface area contributed by atoms with E-state index in [0.29, 0.717) is 5.69 Å². The molecule has 1 N–H and O–H groups in total. The molecule has 0 aromatic carbocycles. The monoisotopic (exact) mass is 242 g/mol. The quantitative estimate of drug-likeness (QED) is 0.891. The first-order valence-corrected chi connectivity index (χ1v) is 5.54. The minimum absolute atomic E-state index is 0.149. The Morgan fingerprint density at radius 2 is 1.94 bits per heavy atom. The third-order valence-electron chi connectivity index (χ3n) is 2.63. The highest BCUT2D eigenvalue weighted by atomic mass is 16.2. The molecule has 2 rings (SSSR count). The van der Waals surface area contributed by atoms with Crippen molar-refractivity contribution in [2.75, 3.05) is 24.3 Å². The number of nitrogens with zero attached hydrogens (tertiary/aromatic N) is 3. The van der Waals surface area contributed by atoms with Crippen LogP contribution in [0.15, 0.2) is 42.9 Å². The minimum Gasteiger partial charge on any atom is -0.387 e. The molecule has 1 amide bonds. The maximum atomic E-state index is 12.2. The van der Waals surface area contributed by atoms with Crippen LogP contribution in [0.5, 0.6) is 0 Å². The number of rotatable bonds is 3. The van der Waals surface area contributed by atoms with Gasteiger partial charge < -0.3 is 10.2 Å². The summed E-state index contributed by atoms with van der Waals surface area (Å²) in [6.07, 6.45) is 4.93. The number of anilines is 2. The van der Waals surface area contributed by atoms with Gasteiger partial charge in [-0.2, -0.15) is 0 Å². The summed E-state index contributed by atoms with van der Waals surface area (Å²) in [4.78, 5) is 21.8. The lowest BCUT2D eigenvalue weighted by Crippen LogP contribution is -2.27. The van der Waals surface area contributed by atoms with Crippen LogP contribution in [-0.4, -0.2) is 30.0 Å². The number of nitrogens with one attached hydrogen (secondary N) is 1. The van der Waals surface area contributed by atoms with Crippen molar-refractivity contribution < 1.29 is 4.79 Å². The lowest BCUT2D eigenvalue weighted by Gasteiger charge is -2.16. The van der Waals surface area contributed by atoms with Gasteiger partial charge in [0.05, 0.1) is 11.9 Å². The molecule has 18 heavy (non-hydrogen) atoms. The Morgan fingerprint density at radius 3 is 2.50 bits per heavy atom. The zero-order valence-electron chi connectivity index (χ0n) is 10.3. The zero-order valence-corrected chi connectivity index (χ0v) is 10.3. The van der Waals surface area contributed by atoms with Crippen molar-refractivity contribution in [3.05, 3.63) is 48.5 Å². The Morgan fingerprint density at radius 1 is 1.22 bits per heavy atom. The number of aromatic nitrogens is 2. The highest BCUT2D eigenvalue weighted by molar-refractivity contribution is 6.04. The summed E-state index contributed by atoms with van der Waals surface area (Å²) >= 11 is 0. The van der Waals surface area contributed by atoms with Gasteiger partial charge in [-0.3, -0.25) is 9.78 Å². The average Bonchev–Trinajstić information content (AvgIpc) is 2.47. The van der Waals surface area contributed by atoms with E-state index in [-0.39, 0.29) is 5.91 Å². The number of carbonyl (C=O) groups is 1. The first-order valence-electron chi connectivity index (χ1n) is 5.54. The largest absolute Gasteiger partial charge is 0.387 e. The molecule has 5 nitrogen and oxygen atoms in total. The Bertz CT molecular complexity index is 524. The van der Waals surface area contributed by atoms with E-state index < -0.39 is 0 Å². The van der Waals surface area contributed by atoms with E-state index >= 15 is 0 Å². The molecule has 0 atom stereocenters. The predicted molar refractivity (Wildman–Crippen MR) is 70.8 cm³/mol. The molecule has 0 unspecified atom stereocenters. The number of pyridine rings is 2. The average molecular weight is 242 g/mol. The molecule has 2 heterocycles. The van der Waals surface area contributed by atoms with E-state index in [0.717, 1.165) is 11.4 Å². The van der Waals surface area contributed by atoms with Gasteiger partial charge in [0.1, 0.15) is 5.69 Å². The van der Waals surface area contributed by atoms with Crippen LogP contribution in [0.1, 0.15) is 10.5 Å². The van der Waals surface area contributed by atoms with Gasteiger partial charge >= 0.3 is 0 Å². The van der Waals surface area contributed by atoms with E-state index in [4.69, 9.17) is 0 Å². The molecule has 0 saturated carbocycles. The first kappa shape index (κ1) is 12.0. The Kier molecular flexibility index (Phi) is 3.52. The highest BCUT2D eigenvalue weighted by Crippen LogP contribution is 2.13. The van der Waals surface area contributed by atoms with E-state index in [1.807, 2.05) is 13.1 Å². The van der Waals surface area contributed by atoms with E-state index in [2.05, 4.69) is 15.3 Å². The maximum Gasteiger partial charge on any atom is 0.276 e. The smallest absolute Gasteiger partial charge is 0.276 e. The van der Waals surface area contributed by atoms with Crippen molar-refractivity contribution in [1.82, 2.24) is 9.97 Å². The zero-order chi connectivity index (χ0) is 13.0. The molecule has 0 aliphatic heterocycles.